The molecular formula is C21H19FN2O3S. The Morgan fingerprint density at radius 1 is 1.07 bits per heavy atom. The monoisotopic (exact) mass is 398 g/mol. The predicted molar refractivity (Wildman–Crippen MR) is 107 cm³/mol. The van der Waals surface area contributed by atoms with Gasteiger partial charge < -0.3 is 15.4 Å². The molecule has 2 N–H and O–H groups in total. The minimum atomic E-state index is -0.376. The molecule has 0 saturated heterocycles. The van der Waals surface area contributed by atoms with Crippen molar-refractivity contribution in [3.05, 3.63) is 82.3 Å². The lowest BCUT2D eigenvalue weighted by atomic mass is 10.1. The Morgan fingerprint density at radius 2 is 1.79 bits per heavy atom. The number of hydrogen-bond acceptors (Lipinski definition) is 4. The number of carbonyl (C=O) groups excluding carboxylic acids is 2. The average Bonchev–Trinajstić information content (AvgIpc) is 3.20. The summed E-state index contributed by atoms with van der Waals surface area (Å²) in [5.41, 5.74) is 1.44. The third kappa shape index (κ3) is 5.40. The van der Waals surface area contributed by atoms with Crippen molar-refractivity contribution in [1.29, 1.82) is 0 Å². The van der Waals surface area contributed by atoms with Crippen molar-refractivity contribution in [3.8, 4) is 5.75 Å². The van der Waals surface area contributed by atoms with Gasteiger partial charge in [0, 0.05) is 17.5 Å². The summed E-state index contributed by atoms with van der Waals surface area (Å²) in [6.07, 6.45) is 0. The zero-order valence-electron chi connectivity index (χ0n) is 15.1. The second-order valence-electron chi connectivity index (χ2n) is 6.06. The summed E-state index contributed by atoms with van der Waals surface area (Å²) in [6, 6.07) is 16.2. The molecule has 3 aromatic rings. The van der Waals surface area contributed by atoms with Gasteiger partial charge in [0.15, 0.2) is 6.61 Å². The van der Waals surface area contributed by atoms with Crippen molar-refractivity contribution in [2.45, 2.75) is 13.0 Å². The number of hydrogen-bond donors (Lipinski definition) is 2. The topological polar surface area (TPSA) is 67.4 Å². The van der Waals surface area contributed by atoms with E-state index in [4.69, 9.17) is 4.74 Å². The molecule has 0 spiro atoms. The summed E-state index contributed by atoms with van der Waals surface area (Å²) >= 11 is 1.51. The molecule has 0 aliphatic carbocycles. The lowest BCUT2D eigenvalue weighted by Gasteiger charge is -2.18. The molecule has 0 aliphatic rings. The maximum Gasteiger partial charge on any atom is 0.258 e. The fourth-order valence-corrected chi connectivity index (χ4v) is 3.42. The highest BCUT2D eigenvalue weighted by atomic mass is 32.1. The van der Waals surface area contributed by atoms with Crippen molar-refractivity contribution in [3.63, 3.8) is 0 Å². The van der Waals surface area contributed by atoms with Gasteiger partial charge in [0.1, 0.15) is 11.6 Å². The maximum absolute atomic E-state index is 13.2. The highest BCUT2D eigenvalue weighted by molar-refractivity contribution is 7.10. The molecule has 0 saturated carbocycles. The average molecular weight is 398 g/mol. The first-order valence-corrected chi connectivity index (χ1v) is 9.48. The molecule has 0 fully saturated rings. The van der Waals surface area contributed by atoms with E-state index in [0.717, 1.165) is 10.4 Å². The molecule has 1 atom stereocenters. The zero-order valence-corrected chi connectivity index (χ0v) is 16.0. The largest absolute Gasteiger partial charge is 0.484 e. The Hall–Kier alpha value is -3.19. The lowest BCUT2D eigenvalue weighted by Crippen LogP contribution is -2.32. The van der Waals surface area contributed by atoms with E-state index >= 15 is 0 Å². The van der Waals surface area contributed by atoms with Gasteiger partial charge in [-0.05, 0) is 53.4 Å². The van der Waals surface area contributed by atoms with Gasteiger partial charge in [0.25, 0.3) is 5.91 Å². The molecular weight excluding hydrogens is 379 g/mol. The van der Waals surface area contributed by atoms with Gasteiger partial charge in [0.2, 0.25) is 5.91 Å². The van der Waals surface area contributed by atoms with E-state index in [0.29, 0.717) is 11.4 Å². The van der Waals surface area contributed by atoms with Gasteiger partial charge in [-0.25, -0.2) is 4.39 Å². The number of carbonyl (C=O) groups is 2. The minimum absolute atomic E-state index is 0.159. The third-order valence-electron chi connectivity index (χ3n) is 3.88. The van der Waals surface area contributed by atoms with Crippen molar-refractivity contribution in [2.24, 2.45) is 0 Å². The highest BCUT2D eigenvalue weighted by Gasteiger charge is 2.18. The number of benzene rings is 2. The summed E-state index contributed by atoms with van der Waals surface area (Å²) in [6.45, 7) is 1.27. The SMILES string of the molecule is CC(=O)Nc1ccc(OCC(=O)N[C@@H](c2ccc(F)cc2)c2cccs2)cc1. The van der Waals surface area contributed by atoms with E-state index in [1.807, 2.05) is 17.5 Å². The number of amides is 2. The molecule has 3 rings (SSSR count). The number of nitrogens with one attached hydrogen (secondary N) is 2. The van der Waals surface area contributed by atoms with E-state index in [2.05, 4.69) is 10.6 Å². The molecule has 0 radical (unpaired) electrons. The summed E-state index contributed by atoms with van der Waals surface area (Å²) in [5, 5.41) is 7.51. The zero-order chi connectivity index (χ0) is 19.9. The molecule has 144 valence electrons. The molecule has 0 unspecified atom stereocenters. The van der Waals surface area contributed by atoms with E-state index in [1.54, 1.807) is 36.4 Å². The predicted octanol–water partition coefficient (Wildman–Crippen LogP) is 4.13. The van der Waals surface area contributed by atoms with Crippen molar-refractivity contribution >= 4 is 28.8 Å². The fourth-order valence-electron chi connectivity index (χ4n) is 2.62. The molecule has 5 nitrogen and oxygen atoms in total. The summed E-state index contributed by atoms with van der Waals surface area (Å²) < 4.78 is 18.8. The number of rotatable bonds is 7. The van der Waals surface area contributed by atoms with Crippen LogP contribution in [0, 0.1) is 5.82 Å². The normalized spacial score (nSPS) is 11.5. The first kappa shape index (κ1) is 19.6. The molecule has 7 heteroatoms. The van der Waals surface area contributed by atoms with Crippen LogP contribution in [-0.2, 0) is 9.59 Å². The van der Waals surface area contributed by atoms with Crippen LogP contribution >= 0.6 is 11.3 Å². The first-order chi connectivity index (χ1) is 13.5. The van der Waals surface area contributed by atoms with Crippen LogP contribution in [0.4, 0.5) is 10.1 Å². The van der Waals surface area contributed by atoms with E-state index in [-0.39, 0.29) is 30.3 Å². The van der Waals surface area contributed by atoms with Gasteiger partial charge in [-0.2, -0.15) is 0 Å². The first-order valence-electron chi connectivity index (χ1n) is 8.60. The standard InChI is InChI=1S/C21H19FN2O3S/c1-14(25)23-17-8-10-18(11-9-17)27-13-20(26)24-21(19-3-2-12-28-19)15-4-6-16(22)7-5-15/h2-12,21H,13H2,1H3,(H,23,25)(H,24,26)/t21-/m0/s1. The smallest absolute Gasteiger partial charge is 0.258 e. The number of halogens is 1. The highest BCUT2D eigenvalue weighted by Crippen LogP contribution is 2.26. The Balaban J connectivity index is 1.62. The fraction of sp³-hybridized carbons (Fsp3) is 0.143. The maximum atomic E-state index is 13.2. The van der Waals surface area contributed by atoms with Crippen LogP contribution in [0.1, 0.15) is 23.4 Å². The molecule has 2 amide bonds. The third-order valence-corrected chi connectivity index (χ3v) is 4.82. The molecule has 0 aliphatic heterocycles. The number of anilines is 1. The quantitative estimate of drug-likeness (QED) is 0.629. The Kier molecular flexibility index (Phi) is 6.39. The van der Waals surface area contributed by atoms with Gasteiger partial charge in [-0.1, -0.05) is 18.2 Å². The molecule has 1 heterocycles. The van der Waals surface area contributed by atoms with Gasteiger partial charge in [-0.3, -0.25) is 9.59 Å². The van der Waals surface area contributed by atoms with Crippen LogP contribution in [0.15, 0.2) is 66.0 Å². The second-order valence-corrected chi connectivity index (χ2v) is 7.04. The van der Waals surface area contributed by atoms with Gasteiger partial charge in [-0.15, -0.1) is 11.3 Å². The number of ether oxygens (including phenoxy) is 1. The van der Waals surface area contributed by atoms with Crippen LogP contribution in [0.5, 0.6) is 5.75 Å². The van der Waals surface area contributed by atoms with Crippen molar-refractivity contribution < 1.29 is 18.7 Å². The molecule has 1 aromatic heterocycles. The molecule has 0 bridgehead atoms. The molecule has 28 heavy (non-hydrogen) atoms. The van der Waals surface area contributed by atoms with Crippen LogP contribution in [0.25, 0.3) is 0 Å². The summed E-state index contributed by atoms with van der Waals surface area (Å²) in [4.78, 5) is 24.4. The molecule has 2 aromatic carbocycles. The van der Waals surface area contributed by atoms with Crippen molar-refractivity contribution in [1.82, 2.24) is 5.32 Å². The van der Waals surface area contributed by atoms with Crippen LogP contribution in [-0.4, -0.2) is 18.4 Å². The Morgan fingerprint density at radius 3 is 2.39 bits per heavy atom. The number of thiophene rings is 1. The Labute approximate surface area is 166 Å². The summed E-state index contributed by atoms with van der Waals surface area (Å²) in [7, 11) is 0. The van der Waals surface area contributed by atoms with Gasteiger partial charge in [0.05, 0.1) is 6.04 Å². The van der Waals surface area contributed by atoms with Crippen LogP contribution < -0.4 is 15.4 Å². The van der Waals surface area contributed by atoms with Crippen LogP contribution in [0.3, 0.4) is 0 Å². The minimum Gasteiger partial charge on any atom is -0.484 e. The lowest BCUT2D eigenvalue weighted by molar-refractivity contribution is -0.123. The van der Waals surface area contributed by atoms with Crippen LogP contribution in [0.2, 0.25) is 0 Å². The second kappa shape index (κ2) is 9.14. The van der Waals surface area contributed by atoms with Crippen molar-refractivity contribution in [2.75, 3.05) is 11.9 Å². The Bertz CT molecular complexity index is 925. The van der Waals surface area contributed by atoms with E-state index in [9.17, 15) is 14.0 Å². The van der Waals surface area contributed by atoms with E-state index < -0.39 is 0 Å². The summed E-state index contributed by atoms with van der Waals surface area (Å²) in [5.74, 6) is -0.271. The van der Waals surface area contributed by atoms with E-state index in [1.165, 1.54) is 30.4 Å². The van der Waals surface area contributed by atoms with Gasteiger partial charge >= 0.3 is 0 Å².